The number of carbonyl (C=O) groups is 1. The first-order valence-electron chi connectivity index (χ1n) is 10.7. The Balaban J connectivity index is 1.50. The minimum atomic E-state index is -0.201. The Morgan fingerprint density at radius 3 is 2.72 bits per heavy atom. The van der Waals surface area contributed by atoms with Gasteiger partial charge in [-0.05, 0) is 43.7 Å². The van der Waals surface area contributed by atoms with Gasteiger partial charge in [0.1, 0.15) is 29.5 Å². The van der Waals surface area contributed by atoms with Crippen LogP contribution in [-0.2, 0) is 4.79 Å². The number of anilines is 1. The number of halogens is 1. The molecule has 0 radical (unpaired) electrons. The zero-order valence-corrected chi connectivity index (χ0v) is 18.2. The maximum atomic E-state index is 13.0. The molecule has 2 aromatic heterocycles. The van der Waals surface area contributed by atoms with Crippen LogP contribution in [0, 0.1) is 17.2 Å². The molecule has 3 heterocycles. The molecule has 5 rings (SSSR count). The molecule has 0 bridgehead atoms. The number of aromatic nitrogens is 4. The van der Waals surface area contributed by atoms with E-state index in [-0.39, 0.29) is 17.5 Å². The van der Waals surface area contributed by atoms with Crippen LogP contribution in [0.5, 0.6) is 0 Å². The molecular weight excluding hydrogens is 426 g/mol. The molecule has 1 aromatic carbocycles. The normalized spacial score (nSPS) is 19.2. The van der Waals surface area contributed by atoms with Gasteiger partial charge in [-0.25, -0.2) is 14.6 Å². The second-order valence-corrected chi connectivity index (χ2v) is 8.77. The zero-order valence-electron chi connectivity index (χ0n) is 17.4. The summed E-state index contributed by atoms with van der Waals surface area (Å²) in [7, 11) is 0. The Kier molecular flexibility index (Phi) is 5.27. The fourth-order valence-corrected chi connectivity index (χ4v) is 4.35. The van der Waals surface area contributed by atoms with Crippen molar-refractivity contribution < 1.29 is 4.79 Å². The fraction of sp³-hybridized carbons (Fsp3) is 0.348. The molecule has 1 amide bonds. The van der Waals surface area contributed by atoms with Crippen LogP contribution >= 0.6 is 11.6 Å². The number of allylic oxidation sites excluding steroid dienone is 1. The standard InChI is InChI=1S/C23H22ClN7O/c24-17-7-5-15(6-8-17)20-19-21(26)27-13-28-22(19)31(29-20)18-2-1-9-30(12-18)23(32)16(11-25)10-14-3-4-14/h5-8,10,13-14,18H,1-4,9,12H2,(H2,26,27,28). The molecule has 162 valence electrons. The lowest BCUT2D eigenvalue weighted by molar-refractivity contribution is -0.128. The molecule has 2 N–H and O–H groups in total. The van der Waals surface area contributed by atoms with Gasteiger partial charge in [0.05, 0.1) is 11.4 Å². The number of nitrogens with two attached hydrogens (primary N) is 1. The van der Waals surface area contributed by atoms with Crippen LogP contribution in [0.1, 0.15) is 31.7 Å². The summed E-state index contributed by atoms with van der Waals surface area (Å²) >= 11 is 6.05. The van der Waals surface area contributed by atoms with E-state index in [1.165, 1.54) is 6.33 Å². The number of piperidine rings is 1. The lowest BCUT2D eigenvalue weighted by Gasteiger charge is -2.32. The van der Waals surface area contributed by atoms with Crippen molar-refractivity contribution in [3.8, 4) is 17.3 Å². The van der Waals surface area contributed by atoms with E-state index < -0.39 is 0 Å². The van der Waals surface area contributed by atoms with Crippen molar-refractivity contribution in [1.82, 2.24) is 24.6 Å². The van der Waals surface area contributed by atoms with E-state index in [4.69, 9.17) is 22.4 Å². The van der Waals surface area contributed by atoms with Crippen LogP contribution in [0.15, 0.2) is 42.2 Å². The minimum absolute atomic E-state index is 0.0774. The van der Waals surface area contributed by atoms with E-state index >= 15 is 0 Å². The number of rotatable bonds is 4. The largest absolute Gasteiger partial charge is 0.383 e. The van der Waals surface area contributed by atoms with Crippen molar-refractivity contribution in [3.05, 3.63) is 47.3 Å². The van der Waals surface area contributed by atoms with Crippen LogP contribution in [0.25, 0.3) is 22.3 Å². The highest BCUT2D eigenvalue weighted by Gasteiger charge is 2.31. The van der Waals surface area contributed by atoms with Gasteiger partial charge in [-0.1, -0.05) is 29.8 Å². The molecule has 3 aromatic rings. The number of nitriles is 1. The summed E-state index contributed by atoms with van der Waals surface area (Å²) in [5.41, 5.74) is 8.64. The lowest BCUT2D eigenvalue weighted by Crippen LogP contribution is -2.41. The molecule has 9 heteroatoms. The third-order valence-electron chi connectivity index (χ3n) is 6.04. The van der Waals surface area contributed by atoms with E-state index in [9.17, 15) is 10.1 Å². The summed E-state index contributed by atoms with van der Waals surface area (Å²) in [5.74, 6) is 0.521. The number of fused-ring (bicyclic) bond motifs is 1. The summed E-state index contributed by atoms with van der Waals surface area (Å²) in [5, 5.41) is 15.7. The summed E-state index contributed by atoms with van der Waals surface area (Å²) in [6, 6.07) is 9.40. The van der Waals surface area contributed by atoms with Crippen LogP contribution in [-0.4, -0.2) is 43.6 Å². The van der Waals surface area contributed by atoms with Crippen molar-refractivity contribution in [1.29, 1.82) is 5.26 Å². The Morgan fingerprint density at radius 2 is 2.00 bits per heavy atom. The molecule has 2 fully saturated rings. The van der Waals surface area contributed by atoms with Crippen molar-refractivity contribution in [2.45, 2.75) is 31.7 Å². The molecule has 1 aliphatic carbocycles. The SMILES string of the molecule is N#CC(=CC1CC1)C(=O)N1CCCC(n2nc(-c3ccc(Cl)cc3)c3c(N)ncnc32)C1. The second kappa shape index (κ2) is 8.24. The molecule has 32 heavy (non-hydrogen) atoms. The number of benzene rings is 1. The van der Waals surface area contributed by atoms with Gasteiger partial charge in [-0.2, -0.15) is 10.4 Å². The van der Waals surface area contributed by atoms with E-state index in [0.717, 1.165) is 31.2 Å². The topological polar surface area (TPSA) is 114 Å². The molecule has 2 aliphatic rings. The van der Waals surface area contributed by atoms with Gasteiger partial charge in [0, 0.05) is 23.7 Å². The Morgan fingerprint density at radius 1 is 1.22 bits per heavy atom. The molecule has 1 saturated carbocycles. The third kappa shape index (κ3) is 3.80. The number of carbonyl (C=O) groups excluding carboxylic acids is 1. The Labute approximate surface area is 190 Å². The highest BCUT2D eigenvalue weighted by molar-refractivity contribution is 6.30. The molecule has 1 aliphatic heterocycles. The van der Waals surface area contributed by atoms with Gasteiger partial charge < -0.3 is 10.6 Å². The summed E-state index contributed by atoms with van der Waals surface area (Å²) in [6.07, 6.45) is 7.01. The Bertz CT molecular complexity index is 1250. The van der Waals surface area contributed by atoms with E-state index in [1.807, 2.05) is 22.9 Å². The van der Waals surface area contributed by atoms with E-state index in [0.29, 0.717) is 46.6 Å². The first-order valence-corrected chi connectivity index (χ1v) is 11.1. The predicted octanol–water partition coefficient (Wildman–Crippen LogP) is 3.75. The number of amides is 1. The molecule has 1 atom stereocenters. The number of likely N-dealkylation sites (tertiary alicyclic amines) is 1. The number of hydrogen-bond acceptors (Lipinski definition) is 6. The van der Waals surface area contributed by atoms with Crippen molar-refractivity contribution >= 4 is 34.4 Å². The molecule has 0 spiro atoms. The molecule has 1 unspecified atom stereocenters. The first kappa shape index (κ1) is 20.5. The maximum absolute atomic E-state index is 13.0. The number of nitrogen functional groups attached to an aromatic ring is 1. The highest BCUT2D eigenvalue weighted by atomic mass is 35.5. The van der Waals surface area contributed by atoms with Gasteiger partial charge in [-0.15, -0.1) is 0 Å². The van der Waals surface area contributed by atoms with Gasteiger partial charge in [-0.3, -0.25) is 4.79 Å². The van der Waals surface area contributed by atoms with Gasteiger partial charge in [0.2, 0.25) is 0 Å². The molecule has 8 nitrogen and oxygen atoms in total. The average molecular weight is 448 g/mol. The summed E-state index contributed by atoms with van der Waals surface area (Å²) < 4.78 is 1.85. The predicted molar refractivity (Wildman–Crippen MR) is 121 cm³/mol. The van der Waals surface area contributed by atoms with Crippen LogP contribution in [0.3, 0.4) is 0 Å². The zero-order chi connectivity index (χ0) is 22.2. The average Bonchev–Trinajstić information content (AvgIpc) is 3.55. The summed E-state index contributed by atoms with van der Waals surface area (Å²) in [4.78, 5) is 23.4. The molecular formula is C23H22ClN7O. The van der Waals surface area contributed by atoms with Crippen LogP contribution < -0.4 is 5.73 Å². The van der Waals surface area contributed by atoms with E-state index in [1.54, 1.807) is 17.0 Å². The smallest absolute Gasteiger partial charge is 0.264 e. The quantitative estimate of drug-likeness (QED) is 0.481. The lowest BCUT2D eigenvalue weighted by atomic mass is 10.0. The Hall–Kier alpha value is -3.44. The van der Waals surface area contributed by atoms with Crippen LogP contribution in [0.4, 0.5) is 5.82 Å². The summed E-state index contributed by atoms with van der Waals surface area (Å²) in [6.45, 7) is 1.09. The van der Waals surface area contributed by atoms with Gasteiger partial charge in [0.15, 0.2) is 5.65 Å². The van der Waals surface area contributed by atoms with Crippen molar-refractivity contribution in [2.75, 3.05) is 18.8 Å². The van der Waals surface area contributed by atoms with Crippen LogP contribution in [0.2, 0.25) is 5.02 Å². The fourth-order valence-electron chi connectivity index (χ4n) is 4.22. The van der Waals surface area contributed by atoms with E-state index in [2.05, 4.69) is 16.0 Å². The van der Waals surface area contributed by atoms with Gasteiger partial charge >= 0.3 is 0 Å². The van der Waals surface area contributed by atoms with Gasteiger partial charge in [0.25, 0.3) is 5.91 Å². The number of hydrogen-bond donors (Lipinski definition) is 1. The number of nitrogens with zero attached hydrogens (tertiary/aromatic N) is 6. The second-order valence-electron chi connectivity index (χ2n) is 8.33. The molecule has 1 saturated heterocycles. The third-order valence-corrected chi connectivity index (χ3v) is 6.29. The maximum Gasteiger partial charge on any atom is 0.264 e. The van der Waals surface area contributed by atoms with Crippen molar-refractivity contribution in [3.63, 3.8) is 0 Å². The highest BCUT2D eigenvalue weighted by Crippen LogP contribution is 2.35. The monoisotopic (exact) mass is 447 g/mol. The first-order chi connectivity index (χ1) is 15.5. The van der Waals surface area contributed by atoms with Crippen molar-refractivity contribution in [2.24, 2.45) is 5.92 Å². The minimum Gasteiger partial charge on any atom is -0.383 e.